The van der Waals surface area contributed by atoms with Gasteiger partial charge in [0.1, 0.15) is 11.5 Å². The molecule has 2 aromatic rings. The van der Waals surface area contributed by atoms with E-state index in [9.17, 15) is 4.79 Å². The van der Waals surface area contributed by atoms with Gasteiger partial charge in [0.2, 0.25) is 0 Å². The molecule has 1 heterocycles. The summed E-state index contributed by atoms with van der Waals surface area (Å²) >= 11 is 0. The molecule has 170 valence electrons. The Morgan fingerprint density at radius 2 is 1.84 bits per heavy atom. The van der Waals surface area contributed by atoms with E-state index in [-0.39, 0.29) is 18.1 Å². The molecule has 6 heteroatoms. The van der Waals surface area contributed by atoms with E-state index in [1.54, 1.807) is 37.6 Å². The van der Waals surface area contributed by atoms with E-state index in [4.69, 9.17) is 9.47 Å². The second-order valence-corrected chi connectivity index (χ2v) is 8.62. The zero-order chi connectivity index (χ0) is 23.3. The highest BCUT2D eigenvalue weighted by molar-refractivity contribution is 5.90. The first kappa shape index (κ1) is 23.4. The van der Waals surface area contributed by atoms with Gasteiger partial charge in [-0.25, -0.2) is 5.43 Å². The van der Waals surface area contributed by atoms with Gasteiger partial charge < -0.3 is 14.4 Å². The van der Waals surface area contributed by atoms with Crippen molar-refractivity contribution in [1.82, 2.24) is 5.43 Å². The minimum absolute atomic E-state index is 0.0208. The molecule has 1 aliphatic heterocycles. The lowest BCUT2D eigenvalue weighted by atomic mass is 9.87. The van der Waals surface area contributed by atoms with Crippen molar-refractivity contribution in [1.29, 1.82) is 0 Å². The molecule has 0 fully saturated rings. The fourth-order valence-electron chi connectivity index (χ4n) is 4.04. The number of aryl methyl sites for hydroxylation is 1. The van der Waals surface area contributed by atoms with E-state index in [2.05, 4.69) is 68.3 Å². The summed E-state index contributed by atoms with van der Waals surface area (Å²) in [6.07, 6.45) is 5.10. The lowest BCUT2D eigenvalue weighted by Gasteiger charge is -2.43. The van der Waals surface area contributed by atoms with E-state index in [1.807, 2.05) is 0 Å². The first-order valence-corrected chi connectivity index (χ1v) is 11.0. The number of hydrogen-bond acceptors (Lipinski definition) is 5. The Balaban J connectivity index is 1.67. The number of carbonyl (C=O) groups excluding carboxylic acids is 1. The molecule has 1 aliphatic rings. The average Bonchev–Trinajstić information content (AvgIpc) is 2.76. The van der Waals surface area contributed by atoms with Gasteiger partial charge in [-0.3, -0.25) is 4.79 Å². The SMILES string of the molecule is CCCN1c2cc(C)c(/C=N/NC(=O)COc3ccc(OC)cc3)cc2C(C)=CC1(C)C. The molecule has 1 N–H and O–H groups in total. The van der Waals surface area contributed by atoms with Crippen molar-refractivity contribution < 1.29 is 14.3 Å². The molecule has 0 radical (unpaired) electrons. The average molecular weight is 436 g/mol. The highest BCUT2D eigenvalue weighted by Gasteiger charge is 2.31. The summed E-state index contributed by atoms with van der Waals surface area (Å²) in [5.41, 5.74) is 8.32. The van der Waals surface area contributed by atoms with Crippen molar-refractivity contribution in [2.75, 3.05) is 25.2 Å². The van der Waals surface area contributed by atoms with Crippen molar-refractivity contribution in [3.8, 4) is 11.5 Å². The summed E-state index contributed by atoms with van der Waals surface area (Å²) < 4.78 is 10.6. The second kappa shape index (κ2) is 9.90. The number of hydrogen-bond donors (Lipinski definition) is 1. The number of benzene rings is 2. The number of anilines is 1. The van der Waals surface area contributed by atoms with Crippen LogP contribution < -0.4 is 19.8 Å². The van der Waals surface area contributed by atoms with Gasteiger partial charge in [0.05, 0.1) is 18.9 Å². The fourth-order valence-corrected chi connectivity index (χ4v) is 4.04. The molecule has 0 aliphatic carbocycles. The van der Waals surface area contributed by atoms with Crippen molar-refractivity contribution in [2.45, 2.75) is 46.6 Å². The van der Waals surface area contributed by atoms with Gasteiger partial charge in [-0.15, -0.1) is 0 Å². The molecule has 3 rings (SSSR count). The number of nitrogens with one attached hydrogen (secondary N) is 1. The summed E-state index contributed by atoms with van der Waals surface area (Å²) in [6.45, 7) is 11.8. The molecule has 1 amide bonds. The Morgan fingerprint density at radius 3 is 2.50 bits per heavy atom. The standard InChI is InChI=1S/C26H33N3O3/c1-7-12-29-24-13-18(2)20(14-23(24)19(3)15-26(29,4)5)16-27-28-25(30)17-32-22-10-8-21(31-6)9-11-22/h8-11,13-16H,7,12,17H2,1-6H3,(H,28,30)/b27-16+. The van der Waals surface area contributed by atoms with Crippen LogP contribution in [0.15, 0.2) is 47.6 Å². The van der Waals surface area contributed by atoms with E-state index in [1.165, 1.54) is 16.8 Å². The van der Waals surface area contributed by atoms with Crippen molar-refractivity contribution in [2.24, 2.45) is 5.10 Å². The molecule has 0 saturated carbocycles. The van der Waals surface area contributed by atoms with Gasteiger partial charge in [0.15, 0.2) is 6.61 Å². The van der Waals surface area contributed by atoms with Crippen LogP contribution >= 0.6 is 0 Å². The van der Waals surface area contributed by atoms with Crippen LogP contribution in [0.1, 0.15) is 50.8 Å². The molecule has 0 aromatic heterocycles. The van der Waals surface area contributed by atoms with Gasteiger partial charge in [0.25, 0.3) is 5.91 Å². The Hall–Kier alpha value is -3.28. The van der Waals surface area contributed by atoms with Crippen LogP contribution in [0.25, 0.3) is 5.57 Å². The minimum Gasteiger partial charge on any atom is -0.497 e. The number of hydrazone groups is 1. The topological polar surface area (TPSA) is 63.2 Å². The third-order valence-electron chi connectivity index (χ3n) is 5.63. The summed E-state index contributed by atoms with van der Waals surface area (Å²) in [4.78, 5) is 14.6. The van der Waals surface area contributed by atoms with E-state index in [0.29, 0.717) is 5.75 Å². The number of amides is 1. The smallest absolute Gasteiger partial charge is 0.277 e. The monoisotopic (exact) mass is 435 g/mol. The Labute approximate surface area is 190 Å². The quantitative estimate of drug-likeness (QED) is 0.471. The van der Waals surface area contributed by atoms with Gasteiger partial charge in [-0.05, 0) is 87.2 Å². The number of allylic oxidation sites excluding steroid dienone is 1. The van der Waals surface area contributed by atoms with Crippen LogP contribution in [0.2, 0.25) is 0 Å². The van der Waals surface area contributed by atoms with Gasteiger partial charge in [-0.2, -0.15) is 5.10 Å². The predicted octanol–water partition coefficient (Wildman–Crippen LogP) is 4.94. The normalized spacial score (nSPS) is 14.7. The van der Waals surface area contributed by atoms with Crippen LogP contribution in [-0.4, -0.2) is 37.9 Å². The summed E-state index contributed by atoms with van der Waals surface area (Å²) in [5.74, 6) is 1.01. The number of ether oxygens (including phenoxy) is 2. The zero-order valence-corrected chi connectivity index (χ0v) is 19.9. The first-order chi connectivity index (χ1) is 15.2. The molecule has 0 spiro atoms. The second-order valence-electron chi connectivity index (χ2n) is 8.62. The largest absolute Gasteiger partial charge is 0.497 e. The molecule has 32 heavy (non-hydrogen) atoms. The third-order valence-corrected chi connectivity index (χ3v) is 5.63. The summed E-state index contributed by atoms with van der Waals surface area (Å²) in [6, 6.07) is 11.4. The molecule has 0 saturated heterocycles. The van der Waals surface area contributed by atoms with Gasteiger partial charge >= 0.3 is 0 Å². The number of methoxy groups -OCH3 is 1. The van der Waals surface area contributed by atoms with Gasteiger partial charge in [0, 0.05) is 17.8 Å². The fraction of sp³-hybridized carbons (Fsp3) is 0.385. The van der Waals surface area contributed by atoms with Crippen molar-refractivity contribution >= 4 is 23.4 Å². The molecule has 0 unspecified atom stereocenters. The minimum atomic E-state index is -0.320. The van der Waals surface area contributed by atoms with Crippen LogP contribution in [0.3, 0.4) is 0 Å². The summed E-state index contributed by atoms with van der Waals surface area (Å²) in [5, 5.41) is 4.14. The first-order valence-electron chi connectivity index (χ1n) is 11.0. The Bertz CT molecular complexity index is 1020. The lowest BCUT2D eigenvalue weighted by Crippen LogP contribution is -2.45. The maximum Gasteiger partial charge on any atom is 0.277 e. The molecule has 2 aromatic carbocycles. The zero-order valence-electron chi connectivity index (χ0n) is 19.9. The number of nitrogens with zero attached hydrogens (tertiary/aromatic N) is 2. The number of carbonyl (C=O) groups is 1. The maximum atomic E-state index is 12.1. The lowest BCUT2D eigenvalue weighted by molar-refractivity contribution is -0.123. The molecular weight excluding hydrogens is 402 g/mol. The van der Waals surface area contributed by atoms with E-state index >= 15 is 0 Å². The highest BCUT2D eigenvalue weighted by Crippen LogP contribution is 2.40. The van der Waals surface area contributed by atoms with Crippen LogP contribution in [-0.2, 0) is 4.79 Å². The van der Waals surface area contributed by atoms with E-state index < -0.39 is 0 Å². The van der Waals surface area contributed by atoms with Gasteiger partial charge in [-0.1, -0.05) is 13.0 Å². The Kier molecular flexibility index (Phi) is 7.23. The molecule has 0 bridgehead atoms. The van der Waals surface area contributed by atoms with Crippen LogP contribution in [0.4, 0.5) is 5.69 Å². The number of rotatable bonds is 8. The summed E-state index contributed by atoms with van der Waals surface area (Å²) in [7, 11) is 1.60. The third kappa shape index (κ3) is 5.31. The Morgan fingerprint density at radius 1 is 1.16 bits per heavy atom. The maximum absolute atomic E-state index is 12.1. The molecule has 6 nitrogen and oxygen atoms in total. The van der Waals surface area contributed by atoms with Crippen LogP contribution in [0, 0.1) is 6.92 Å². The predicted molar refractivity (Wildman–Crippen MR) is 131 cm³/mol. The van der Waals surface area contributed by atoms with Crippen LogP contribution in [0.5, 0.6) is 11.5 Å². The number of fused-ring (bicyclic) bond motifs is 1. The molecular formula is C26H33N3O3. The van der Waals surface area contributed by atoms with Crippen molar-refractivity contribution in [3.63, 3.8) is 0 Å². The highest BCUT2D eigenvalue weighted by atomic mass is 16.5. The molecule has 0 atom stereocenters. The van der Waals surface area contributed by atoms with Crippen molar-refractivity contribution in [3.05, 3.63) is 59.2 Å². The van der Waals surface area contributed by atoms with E-state index in [0.717, 1.165) is 29.8 Å².